The third-order valence-corrected chi connectivity index (χ3v) is 10.3. The molecule has 0 aliphatic carbocycles. The van der Waals surface area contributed by atoms with Crippen molar-refractivity contribution in [1.29, 1.82) is 0 Å². The Morgan fingerprint density at radius 1 is 0.383 bits per heavy atom. The van der Waals surface area contributed by atoms with Crippen LogP contribution in [-0.2, 0) is 0 Å². The Labute approximate surface area is 339 Å². The number of hydrogen-bond acceptors (Lipinski definition) is 6. The first-order chi connectivity index (χ1) is 29.0. The molecule has 0 atom stereocenters. The maximum absolute atomic E-state index is 11.8. The molecule has 2 aliphatic rings. The molecule has 0 amide bonds. The minimum Gasteiger partial charge on any atom is -0.478 e. The van der Waals surface area contributed by atoms with Gasteiger partial charge in [0.25, 0.3) is 0 Å². The number of fused-ring (bicyclic) bond motifs is 8. The zero-order chi connectivity index (χ0) is 41.7. The van der Waals surface area contributed by atoms with Crippen LogP contribution in [0.2, 0.25) is 0 Å². The maximum atomic E-state index is 11.8. The molecule has 12 nitrogen and oxygen atoms in total. The number of hydrogen-bond donors (Lipinski definition) is 6. The summed E-state index contributed by atoms with van der Waals surface area (Å²) in [6.07, 6.45) is 7.42. The van der Waals surface area contributed by atoms with Gasteiger partial charge in [-0.15, -0.1) is 0 Å². The van der Waals surface area contributed by atoms with E-state index in [1.54, 1.807) is 42.5 Å². The number of nitrogens with zero attached hydrogens (tertiary/aromatic N) is 2. The van der Waals surface area contributed by atoms with E-state index in [9.17, 15) is 39.6 Å². The Hall–Kier alpha value is -8.64. The predicted molar refractivity (Wildman–Crippen MR) is 227 cm³/mol. The molecular formula is C48H29N4O8. The van der Waals surface area contributed by atoms with Gasteiger partial charge in [0.05, 0.1) is 45.0 Å². The summed E-state index contributed by atoms with van der Waals surface area (Å²) in [5, 5.41) is 38.7. The third kappa shape index (κ3) is 6.69. The van der Waals surface area contributed by atoms with Gasteiger partial charge in [0.1, 0.15) is 0 Å². The molecule has 0 saturated heterocycles. The van der Waals surface area contributed by atoms with E-state index in [2.05, 4.69) is 16.0 Å². The first kappa shape index (κ1) is 37.0. The highest BCUT2D eigenvalue weighted by atomic mass is 16.4. The largest absolute Gasteiger partial charge is 0.478 e. The number of nitrogens with one attached hydrogen (secondary N) is 2. The van der Waals surface area contributed by atoms with E-state index >= 15 is 0 Å². The molecule has 5 heterocycles. The molecule has 9 rings (SSSR count). The van der Waals surface area contributed by atoms with Crippen molar-refractivity contribution in [2.75, 3.05) is 0 Å². The molecule has 2 aliphatic heterocycles. The summed E-state index contributed by atoms with van der Waals surface area (Å²) in [5.41, 5.74) is 10.3. The van der Waals surface area contributed by atoms with Crippen LogP contribution in [-0.4, -0.2) is 64.2 Å². The van der Waals surface area contributed by atoms with Gasteiger partial charge in [-0.2, -0.15) is 0 Å². The van der Waals surface area contributed by atoms with Crippen LogP contribution in [0, 0.1) is 6.07 Å². The predicted octanol–water partition coefficient (Wildman–Crippen LogP) is 9.92. The van der Waals surface area contributed by atoms with Crippen LogP contribution in [0.4, 0.5) is 0 Å². The number of H-pyrrole nitrogens is 2. The average Bonchev–Trinajstić information content (AvgIpc) is 4.10. The fourth-order valence-electron chi connectivity index (χ4n) is 7.45. The summed E-state index contributed by atoms with van der Waals surface area (Å²) >= 11 is 0. The summed E-state index contributed by atoms with van der Waals surface area (Å²) in [6.45, 7) is 0. The number of aromatic nitrogens is 4. The lowest BCUT2D eigenvalue weighted by molar-refractivity contribution is 0.0686. The van der Waals surface area contributed by atoms with Gasteiger partial charge < -0.3 is 30.4 Å². The van der Waals surface area contributed by atoms with Crippen LogP contribution >= 0.6 is 0 Å². The number of rotatable bonds is 8. The molecule has 0 saturated carbocycles. The van der Waals surface area contributed by atoms with E-state index in [4.69, 9.17) is 9.97 Å². The third-order valence-electron chi connectivity index (χ3n) is 10.3. The van der Waals surface area contributed by atoms with Gasteiger partial charge in [-0.3, -0.25) is 0 Å². The average molecular weight is 790 g/mol. The lowest BCUT2D eigenvalue weighted by Gasteiger charge is -2.07. The maximum Gasteiger partial charge on any atom is 0.335 e. The fraction of sp³-hybridized carbons (Fsp3) is 0. The molecule has 0 spiro atoms. The van der Waals surface area contributed by atoms with E-state index in [1.165, 1.54) is 48.5 Å². The second-order valence-electron chi connectivity index (χ2n) is 13.9. The van der Waals surface area contributed by atoms with Gasteiger partial charge in [0.2, 0.25) is 0 Å². The molecule has 7 aromatic rings. The van der Waals surface area contributed by atoms with Crippen LogP contribution in [0.5, 0.6) is 0 Å². The number of aromatic carboxylic acids is 4. The SMILES string of the molecule is O=C(O)c1c[c]c(-c2c3nc(c(-c4ccc(C(=O)O)cc4)c4ccc([nH]4)c(-c4ccc(C(=O)O)cc4)c4nc(c(-c5ccc(C(=O)O)cc5)c5ccc2[nH]5)C=C4)C=C3)cc1. The standard InChI is InChI=1S/C48H29N4O8/c53-45(54)29-9-1-25(2-10-29)41-33-17-19-35(49-33)42(26-3-11-30(12-4-26)46(55)56)37-21-23-39(51-37)44(28-7-15-32(16-8-28)48(59)60)40-24-22-38(52-40)43(36-20-18-34(41)50-36)27-5-13-31(14-6-27)47(57)58/h1-7,9-24,49,52H,(H,53,54)(H,55,56)(H,57,58)(H,59,60). The molecule has 8 bridgehead atoms. The number of carboxylic acids is 4. The molecule has 289 valence electrons. The van der Waals surface area contributed by atoms with Gasteiger partial charge >= 0.3 is 23.9 Å². The normalized spacial score (nSPS) is 11.7. The van der Waals surface area contributed by atoms with E-state index in [0.29, 0.717) is 89.4 Å². The first-order valence-electron chi connectivity index (χ1n) is 18.5. The summed E-state index contributed by atoms with van der Waals surface area (Å²) in [4.78, 5) is 64.7. The van der Waals surface area contributed by atoms with Gasteiger partial charge in [-0.25, -0.2) is 29.1 Å². The molecule has 0 unspecified atom stereocenters. The van der Waals surface area contributed by atoms with Crippen molar-refractivity contribution >= 4 is 70.2 Å². The smallest absolute Gasteiger partial charge is 0.335 e. The van der Waals surface area contributed by atoms with Gasteiger partial charge in [-0.1, -0.05) is 42.5 Å². The Kier molecular flexibility index (Phi) is 9.06. The van der Waals surface area contributed by atoms with Gasteiger partial charge in [0.15, 0.2) is 0 Å². The summed E-state index contributed by atoms with van der Waals surface area (Å²) in [6, 6.07) is 34.7. The molecule has 4 aromatic carbocycles. The Morgan fingerprint density at radius 3 is 0.983 bits per heavy atom. The summed E-state index contributed by atoms with van der Waals surface area (Å²) < 4.78 is 0. The van der Waals surface area contributed by atoms with Crippen molar-refractivity contribution < 1.29 is 39.6 Å². The molecular weight excluding hydrogens is 761 g/mol. The molecule has 3 aromatic heterocycles. The van der Waals surface area contributed by atoms with Crippen LogP contribution < -0.4 is 0 Å². The fourth-order valence-corrected chi connectivity index (χ4v) is 7.45. The number of carbonyl (C=O) groups is 4. The lowest BCUT2D eigenvalue weighted by Crippen LogP contribution is -1.96. The summed E-state index contributed by atoms with van der Waals surface area (Å²) in [5.74, 6) is -4.29. The Morgan fingerprint density at radius 2 is 0.683 bits per heavy atom. The van der Waals surface area contributed by atoms with Crippen molar-refractivity contribution in [3.05, 3.63) is 166 Å². The number of carboxylic acid groups (broad SMARTS) is 4. The van der Waals surface area contributed by atoms with Gasteiger partial charge in [-0.05, 0) is 125 Å². The highest BCUT2D eigenvalue weighted by molar-refractivity contribution is 6.01. The van der Waals surface area contributed by atoms with Crippen LogP contribution in [0.1, 0.15) is 64.2 Å². The monoisotopic (exact) mass is 789 g/mol. The Bertz CT molecular complexity index is 2750. The van der Waals surface area contributed by atoms with E-state index in [1.807, 2.05) is 48.6 Å². The Balaban J connectivity index is 1.43. The second-order valence-corrected chi connectivity index (χ2v) is 13.9. The summed E-state index contributed by atoms with van der Waals surface area (Å²) in [7, 11) is 0. The van der Waals surface area contributed by atoms with Crippen LogP contribution in [0.25, 0.3) is 90.9 Å². The molecule has 0 fully saturated rings. The topological polar surface area (TPSA) is 207 Å². The van der Waals surface area contributed by atoms with Gasteiger partial charge in [0, 0.05) is 44.3 Å². The quantitative estimate of drug-likeness (QED) is 0.0859. The zero-order valence-corrected chi connectivity index (χ0v) is 31.1. The van der Waals surface area contributed by atoms with Crippen LogP contribution in [0.3, 0.4) is 0 Å². The minimum absolute atomic E-state index is 0.0615. The number of aromatic amines is 2. The molecule has 12 heteroatoms. The van der Waals surface area contributed by atoms with Crippen molar-refractivity contribution in [3.8, 4) is 44.5 Å². The highest BCUT2D eigenvalue weighted by Gasteiger charge is 2.20. The van der Waals surface area contributed by atoms with Crippen molar-refractivity contribution in [2.45, 2.75) is 0 Å². The zero-order valence-electron chi connectivity index (χ0n) is 31.1. The van der Waals surface area contributed by atoms with Crippen molar-refractivity contribution in [3.63, 3.8) is 0 Å². The lowest BCUT2D eigenvalue weighted by atomic mass is 10.0. The van der Waals surface area contributed by atoms with Crippen molar-refractivity contribution in [2.24, 2.45) is 0 Å². The number of benzene rings is 4. The van der Waals surface area contributed by atoms with E-state index < -0.39 is 23.9 Å². The second kappa shape index (κ2) is 14.7. The minimum atomic E-state index is -1.09. The first-order valence-corrected chi connectivity index (χ1v) is 18.5. The van der Waals surface area contributed by atoms with E-state index in [0.717, 1.165) is 0 Å². The van der Waals surface area contributed by atoms with Crippen molar-refractivity contribution in [1.82, 2.24) is 19.9 Å². The van der Waals surface area contributed by atoms with E-state index in [-0.39, 0.29) is 22.3 Å². The molecule has 6 N–H and O–H groups in total. The molecule has 1 radical (unpaired) electrons. The van der Waals surface area contributed by atoms with Crippen LogP contribution in [0.15, 0.2) is 115 Å². The molecule has 60 heavy (non-hydrogen) atoms. The highest BCUT2D eigenvalue weighted by Crippen LogP contribution is 2.38.